The molecule has 2 heterocycles. The van der Waals surface area contributed by atoms with Crippen LogP contribution in [0.5, 0.6) is 0 Å². The Morgan fingerprint density at radius 2 is 2.20 bits per heavy atom. The number of nitrogens with zero attached hydrogens (tertiary/aromatic N) is 3. The van der Waals surface area contributed by atoms with Crippen LogP contribution in [0.1, 0.15) is 18.7 Å². The molecule has 2 aromatic heterocycles. The summed E-state index contributed by atoms with van der Waals surface area (Å²) in [4.78, 5) is 8.73. The lowest BCUT2D eigenvalue weighted by molar-refractivity contribution is 0.367. The zero-order valence-electron chi connectivity index (χ0n) is 10.9. The summed E-state index contributed by atoms with van der Waals surface area (Å²) >= 11 is 0. The molecule has 0 aliphatic heterocycles. The predicted molar refractivity (Wildman–Crippen MR) is 74.9 cm³/mol. The average molecular weight is 266 g/mol. The highest BCUT2D eigenvalue weighted by molar-refractivity contribution is 5.82. The van der Waals surface area contributed by atoms with Crippen LogP contribution in [-0.2, 0) is 6.54 Å². The number of pyridine rings is 1. The molecule has 1 aromatic carbocycles. The SMILES string of the molecule is c1cnc2ccc(-c3noc(CNC4CC4)n3)cc2c1. The van der Waals surface area contributed by atoms with Gasteiger partial charge < -0.3 is 9.84 Å². The summed E-state index contributed by atoms with van der Waals surface area (Å²) in [5, 5.41) is 8.48. The first kappa shape index (κ1) is 11.5. The van der Waals surface area contributed by atoms with Gasteiger partial charge in [-0.25, -0.2) is 0 Å². The maximum atomic E-state index is 5.27. The second kappa shape index (κ2) is 4.68. The van der Waals surface area contributed by atoms with Gasteiger partial charge in [-0.05, 0) is 37.1 Å². The molecule has 1 saturated carbocycles. The smallest absolute Gasteiger partial charge is 0.240 e. The van der Waals surface area contributed by atoms with Crippen molar-refractivity contribution in [1.82, 2.24) is 20.4 Å². The minimum atomic E-state index is 0.628. The molecule has 0 unspecified atom stereocenters. The van der Waals surface area contributed by atoms with E-state index in [1.54, 1.807) is 6.20 Å². The van der Waals surface area contributed by atoms with Crippen molar-refractivity contribution in [2.24, 2.45) is 0 Å². The van der Waals surface area contributed by atoms with Crippen LogP contribution < -0.4 is 5.32 Å². The molecule has 0 bridgehead atoms. The Bertz CT molecular complexity index is 748. The van der Waals surface area contributed by atoms with Crippen molar-refractivity contribution in [3.63, 3.8) is 0 Å². The van der Waals surface area contributed by atoms with E-state index in [1.165, 1.54) is 12.8 Å². The van der Waals surface area contributed by atoms with Crippen molar-refractivity contribution in [1.29, 1.82) is 0 Å². The third kappa shape index (κ3) is 2.28. The quantitative estimate of drug-likeness (QED) is 0.786. The molecule has 0 radical (unpaired) electrons. The van der Waals surface area contributed by atoms with Gasteiger partial charge in [-0.15, -0.1) is 0 Å². The molecule has 0 spiro atoms. The third-order valence-corrected chi connectivity index (χ3v) is 3.45. The Balaban J connectivity index is 1.60. The lowest BCUT2D eigenvalue weighted by Crippen LogP contribution is -2.15. The van der Waals surface area contributed by atoms with Crippen LogP contribution in [0.2, 0.25) is 0 Å². The van der Waals surface area contributed by atoms with Gasteiger partial charge in [0, 0.05) is 23.2 Å². The topological polar surface area (TPSA) is 63.8 Å². The van der Waals surface area contributed by atoms with Gasteiger partial charge in [-0.2, -0.15) is 4.98 Å². The lowest BCUT2D eigenvalue weighted by atomic mass is 10.1. The van der Waals surface area contributed by atoms with E-state index < -0.39 is 0 Å². The van der Waals surface area contributed by atoms with Crippen LogP contribution in [0, 0.1) is 0 Å². The molecule has 20 heavy (non-hydrogen) atoms. The number of aromatic nitrogens is 3. The molecule has 5 heteroatoms. The van der Waals surface area contributed by atoms with E-state index in [4.69, 9.17) is 4.52 Å². The van der Waals surface area contributed by atoms with Gasteiger partial charge in [0.25, 0.3) is 0 Å². The highest BCUT2D eigenvalue weighted by Crippen LogP contribution is 2.22. The number of fused-ring (bicyclic) bond motifs is 1. The number of benzene rings is 1. The highest BCUT2D eigenvalue weighted by atomic mass is 16.5. The third-order valence-electron chi connectivity index (χ3n) is 3.45. The van der Waals surface area contributed by atoms with Crippen molar-refractivity contribution in [2.45, 2.75) is 25.4 Å². The maximum Gasteiger partial charge on any atom is 0.240 e. The Kier molecular flexibility index (Phi) is 2.70. The minimum absolute atomic E-state index is 0.628. The molecule has 4 rings (SSSR count). The van der Waals surface area contributed by atoms with Crippen molar-refractivity contribution >= 4 is 10.9 Å². The van der Waals surface area contributed by atoms with E-state index in [1.807, 2.05) is 30.3 Å². The first-order valence-corrected chi connectivity index (χ1v) is 6.79. The second-order valence-electron chi connectivity index (χ2n) is 5.08. The van der Waals surface area contributed by atoms with Crippen molar-refractivity contribution in [3.05, 3.63) is 42.4 Å². The van der Waals surface area contributed by atoms with Gasteiger partial charge in [-0.3, -0.25) is 4.98 Å². The first-order valence-electron chi connectivity index (χ1n) is 6.79. The molecule has 1 aliphatic carbocycles. The Morgan fingerprint density at radius 1 is 1.25 bits per heavy atom. The average Bonchev–Trinajstić information content (AvgIpc) is 3.21. The summed E-state index contributed by atoms with van der Waals surface area (Å²) in [7, 11) is 0. The Hall–Kier alpha value is -2.27. The molecule has 1 aliphatic rings. The molecule has 5 nitrogen and oxygen atoms in total. The Morgan fingerprint density at radius 3 is 3.10 bits per heavy atom. The van der Waals surface area contributed by atoms with Gasteiger partial charge >= 0.3 is 0 Å². The maximum absolute atomic E-state index is 5.27. The zero-order valence-corrected chi connectivity index (χ0v) is 10.9. The predicted octanol–water partition coefficient (Wildman–Crippen LogP) is 2.54. The van der Waals surface area contributed by atoms with Gasteiger partial charge in [0.05, 0.1) is 12.1 Å². The van der Waals surface area contributed by atoms with Crippen molar-refractivity contribution in [2.75, 3.05) is 0 Å². The molecule has 0 amide bonds. The van der Waals surface area contributed by atoms with E-state index in [0.717, 1.165) is 16.5 Å². The van der Waals surface area contributed by atoms with E-state index >= 15 is 0 Å². The monoisotopic (exact) mass is 266 g/mol. The highest BCUT2D eigenvalue weighted by Gasteiger charge is 2.21. The van der Waals surface area contributed by atoms with Crippen LogP contribution >= 0.6 is 0 Å². The van der Waals surface area contributed by atoms with Gasteiger partial charge in [0.1, 0.15) is 0 Å². The molecule has 0 atom stereocenters. The number of nitrogens with one attached hydrogen (secondary N) is 1. The largest absolute Gasteiger partial charge is 0.338 e. The van der Waals surface area contributed by atoms with E-state index in [9.17, 15) is 0 Å². The molecular weight excluding hydrogens is 252 g/mol. The fraction of sp³-hybridized carbons (Fsp3) is 0.267. The fourth-order valence-corrected chi connectivity index (χ4v) is 2.18. The van der Waals surface area contributed by atoms with Gasteiger partial charge in [-0.1, -0.05) is 11.2 Å². The standard InChI is InChI=1S/C15H14N4O/c1-2-10-8-11(3-6-13(10)16-7-1)15-18-14(20-19-15)9-17-12-4-5-12/h1-3,6-8,12,17H,4-5,9H2. The van der Waals surface area contributed by atoms with Crippen LogP contribution in [0.25, 0.3) is 22.3 Å². The molecule has 1 N–H and O–H groups in total. The van der Waals surface area contributed by atoms with Crippen LogP contribution in [0.15, 0.2) is 41.1 Å². The zero-order chi connectivity index (χ0) is 13.4. The number of hydrogen-bond acceptors (Lipinski definition) is 5. The van der Waals surface area contributed by atoms with E-state index in [2.05, 4.69) is 20.4 Å². The summed E-state index contributed by atoms with van der Waals surface area (Å²) in [5.74, 6) is 1.27. The van der Waals surface area contributed by atoms with Crippen LogP contribution in [0.3, 0.4) is 0 Å². The fourth-order valence-electron chi connectivity index (χ4n) is 2.18. The van der Waals surface area contributed by atoms with Gasteiger partial charge in [0.15, 0.2) is 0 Å². The summed E-state index contributed by atoms with van der Waals surface area (Å²) < 4.78 is 5.27. The van der Waals surface area contributed by atoms with E-state index in [0.29, 0.717) is 24.3 Å². The molecule has 3 aromatic rings. The normalized spacial score (nSPS) is 14.8. The number of rotatable bonds is 4. The van der Waals surface area contributed by atoms with Crippen molar-refractivity contribution in [3.8, 4) is 11.4 Å². The summed E-state index contributed by atoms with van der Waals surface area (Å²) in [6, 6.07) is 10.6. The summed E-state index contributed by atoms with van der Waals surface area (Å²) in [5.41, 5.74) is 1.92. The summed E-state index contributed by atoms with van der Waals surface area (Å²) in [6.45, 7) is 0.646. The second-order valence-corrected chi connectivity index (χ2v) is 5.08. The number of hydrogen-bond donors (Lipinski definition) is 1. The molecule has 100 valence electrons. The first-order chi connectivity index (χ1) is 9.88. The summed E-state index contributed by atoms with van der Waals surface area (Å²) in [6.07, 6.45) is 4.29. The minimum Gasteiger partial charge on any atom is -0.338 e. The molecule has 1 fully saturated rings. The molecule has 0 saturated heterocycles. The van der Waals surface area contributed by atoms with Crippen LogP contribution in [0.4, 0.5) is 0 Å². The van der Waals surface area contributed by atoms with Crippen molar-refractivity contribution < 1.29 is 4.52 Å². The van der Waals surface area contributed by atoms with Crippen LogP contribution in [-0.4, -0.2) is 21.2 Å². The molecular formula is C15H14N4O. The Labute approximate surface area is 116 Å². The van der Waals surface area contributed by atoms with E-state index in [-0.39, 0.29) is 0 Å². The lowest BCUT2D eigenvalue weighted by Gasteiger charge is -1.98. The van der Waals surface area contributed by atoms with Gasteiger partial charge in [0.2, 0.25) is 11.7 Å².